The number of nitrogen functional groups attached to an aromatic ring is 1. The largest absolute Gasteiger partial charge is 0.368 e. The monoisotopic (exact) mass is 370 g/mol. The Bertz CT molecular complexity index is 1220. The van der Waals surface area contributed by atoms with Crippen LogP contribution in [0.1, 0.15) is 30.9 Å². The van der Waals surface area contributed by atoms with Crippen molar-refractivity contribution >= 4 is 16.9 Å². The predicted octanol–water partition coefficient (Wildman–Crippen LogP) is 4.46. The highest BCUT2D eigenvalue weighted by Gasteiger charge is 2.12. The van der Waals surface area contributed by atoms with Crippen LogP contribution in [-0.2, 0) is 0 Å². The lowest BCUT2D eigenvalue weighted by atomic mass is 10.0. The van der Waals surface area contributed by atoms with E-state index in [0.717, 1.165) is 27.7 Å². The van der Waals surface area contributed by atoms with E-state index < -0.39 is 0 Å². The summed E-state index contributed by atoms with van der Waals surface area (Å²) in [6.07, 6.45) is 3.51. The molecule has 0 aliphatic heterocycles. The van der Waals surface area contributed by atoms with Crippen molar-refractivity contribution < 1.29 is 0 Å². The molecule has 2 aromatic heterocycles. The topological polar surface area (TPSA) is 73.8 Å². The molecule has 2 N–H and O–H groups in total. The third kappa shape index (κ3) is 3.16. The second-order valence-electron chi connectivity index (χ2n) is 7.30. The van der Waals surface area contributed by atoms with Gasteiger partial charge in [-0.15, -0.1) is 0 Å². The molecule has 0 unspecified atom stereocenters. The fourth-order valence-electron chi connectivity index (χ4n) is 3.40. The number of nitrogens with zero attached hydrogens (tertiary/aromatic N) is 3. The van der Waals surface area contributed by atoms with Crippen molar-refractivity contribution in [2.24, 2.45) is 0 Å². The third-order valence-corrected chi connectivity index (χ3v) is 5.03. The molecule has 2 aromatic carbocycles. The molecule has 5 heteroatoms. The molecule has 0 spiro atoms. The average molecular weight is 370 g/mol. The van der Waals surface area contributed by atoms with Gasteiger partial charge in [-0.1, -0.05) is 32.0 Å². The normalized spacial score (nSPS) is 11.3. The quantitative estimate of drug-likeness (QED) is 0.578. The first kappa shape index (κ1) is 17.9. The minimum Gasteiger partial charge on any atom is -0.368 e. The lowest BCUT2D eigenvalue weighted by molar-refractivity contribution is 0.864. The Morgan fingerprint density at radius 3 is 2.50 bits per heavy atom. The van der Waals surface area contributed by atoms with E-state index in [4.69, 9.17) is 5.73 Å². The molecule has 0 radical (unpaired) electrons. The van der Waals surface area contributed by atoms with Crippen LogP contribution in [0.2, 0.25) is 0 Å². The standard InChI is InChI=1S/C23H22N4O/c1-14(2)16-4-7-19(8-5-16)27-11-10-15(3)21(22(27)28)17-6-9-20-18(12-17)13-25-23(24)26-20/h4-14H,1-3H3,(H2,24,25,26). The number of aryl methyl sites for hydroxylation is 1. The van der Waals surface area contributed by atoms with Gasteiger partial charge in [0.05, 0.1) is 11.1 Å². The molecule has 2 heterocycles. The highest BCUT2D eigenvalue weighted by Crippen LogP contribution is 2.24. The first-order valence-electron chi connectivity index (χ1n) is 9.29. The Kier molecular flexibility index (Phi) is 4.43. The zero-order valence-electron chi connectivity index (χ0n) is 16.2. The fraction of sp³-hybridized carbons (Fsp3) is 0.174. The summed E-state index contributed by atoms with van der Waals surface area (Å²) in [5.74, 6) is 0.691. The van der Waals surface area contributed by atoms with E-state index in [1.54, 1.807) is 10.8 Å². The van der Waals surface area contributed by atoms with Gasteiger partial charge in [0.2, 0.25) is 5.95 Å². The van der Waals surface area contributed by atoms with Gasteiger partial charge in [0.1, 0.15) is 0 Å². The van der Waals surface area contributed by atoms with Crippen LogP contribution in [-0.4, -0.2) is 14.5 Å². The van der Waals surface area contributed by atoms with E-state index in [0.29, 0.717) is 11.5 Å². The highest BCUT2D eigenvalue weighted by molar-refractivity contribution is 5.85. The number of hydrogen-bond acceptors (Lipinski definition) is 4. The van der Waals surface area contributed by atoms with E-state index in [9.17, 15) is 4.79 Å². The number of hydrogen-bond donors (Lipinski definition) is 1. The number of pyridine rings is 1. The Hall–Kier alpha value is -3.47. The molecule has 0 bridgehead atoms. The van der Waals surface area contributed by atoms with Crippen molar-refractivity contribution in [2.75, 3.05) is 5.73 Å². The van der Waals surface area contributed by atoms with Crippen molar-refractivity contribution in [1.82, 2.24) is 14.5 Å². The SMILES string of the molecule is Cc1ccn(-c2ccc(C(C)C)cc2)c(=O)c1-c1ccc2nc(N)ncc2c1. The zero-order chi connectivity index (χ0) is 19.8. The molecular formula is C23H22N4O. The van der Waals surface area contributed by atoms with E-state index in [1.165, 1.54) is 5.56 Å². The number of aromatic nitrogens is 3. The molecule has 4 aromatic rings. The second-order valence-corrected chi connectivity index (χ2v) is 7.30. The molecule has 0 fully saturated rings. The molecule has 0 amide bonds. The molecule has 0 aliphatic carbocycles. The molecule has 0 saturated heterocycles. The molecule has 28 heavy (non-hydrogen) atoms. The van der Waals surface area contributed by atoms with Gasteiger partial charge >= 0.3 is 0 Å². The van der Waals surface area contributed by atoms with Gasteiger partial charge in [0.25, 0.3) is 5.56 Å². The first-order valence-corrected chi connectivity index (χ1v) is 9.29. The number of nitrogens with two attached hydrogens (primary N) is 1. The summed E-state index contributed by atoms with van der Waals surface area (Å²) >= 11 is 0. The maximum Gasteiger partial charge on any atom is 0.263 e. The Morgan fingerprint density at radius 1 is 1.04 bits per heavy atom. The van der Waals surface area contributed by atoms with Crippen LogP contribution in [0.25, 0.3) is 27.7 Å². The number of anilines is 1. The number of fused-ring (bicyclic) bond motifs is 1. The van der Waals surface area contributed by atoms with Crippen molar-refractivity contribution in [2.45, 2.75) is 26.7 Å². The van der Waals surface area contributed by atoms with Gasteiger partial charge in [0, 0.05) is 23.5 Å². The summed E-state index contributed by atoms with van der Waals surface area (Å²) in [5.41, 5.74) is 10.9. The van der Waals surface area contributed by atoms with Crippen LogP contribution in [0.3, 0.4) is 0 Å². The summed E-state index contributed by atoms with van der Waals surface area (Å²) < 4.78 is 1.69. The Balaban J connectivity index is 1.85. The summed E-state index contributed by atoms with van der Waals surface area (Å²) in [4.78, 5) is 21.6. The van der Waals surface area contributed by atoms with E-state index >= 15 is 0 Å². The Labute approximate surface area is 163 Å². The molecule has 0 aliphatic rings. The van der Waals surface area contributed by atoms with Crippen LogP contribution >= 0.6 is 0 Å². The summed E-state index contributed by atoms with van der Waals surface area (Å²) in [6, 6.07) is 15.8. The number of rotatable bonds is 3. The van der Waals surface area contributed by atoms with E-state index in [1.807, 2.05) is 49.5 Å². The maximum absolute atomic E-state index is 13.3. The van der Waals surface area contributed by atoms with Gasteiger partial charge < -0.3 is 5.73 Å². The molecule has 5 nitrogen and oxygen atoms in total. The molecule has 0 saturated carbocycles. The smallest absolute Gasteiger partial charge is 0.263 e. The lowest BCUT2D eigenvalue weighted by Gasteiger charge is -2.13. The third-order valence-electron chi connectivity index (χ3n) is 5.03. The van der Waals surface area contributed by atoms with E-state index in [2.05, 4.69) is 35.9 Å². The maximum atomic E-state index is 13.3. The predicted molar refractivity (Wildman–Crippen MR) is 114 cm³/mol. The molecule has 0 atom stereocenters. The lowest BCUT2D eigenvalue weighted by Crippen LogP contribution is -2.20. The number of benzene rings is 2. The summed E-state index contributed by atoms with van der Waals surface area (Å²) in [5, 5.41) is 0.849. The van der Waals surface area contributed by atoms with Crippen molar-refractivity contribution in [3.8, 4) is 16.8 Å². The molecule has 140 valence electrons. The van der Waals surface area contributed by atoms with Gasteiger partial charge in [-0.05, 0) is 59.9 Å². The second kappa shape index (κ2) is 6.93. The summed E-state index contributed by atoms with van der Waals surface area (Å²) in [7, 11) is 0. The molecule has 4 rings (SSSR count). The van der Waals surface area contributed by atoms with Gasteiger partial charge in [-0.3, -0.25) is 9.36 Å². The van der Waals surface area contributed by atoms with E-state index in [-0.39, 0.29) is 11.5 Å². The fourth-order valence-corrected chi connectivity index (χ4v) is 3.40. The first-order chi connectivity index (χ1) is 13.4. The van der Waals surface area contributed by atoms with Crippen molar-refractivity contribution in [1.29, 1.82) is 0 Å². The van der Waals surface area contributed by atoms with Crippen molar-refractivity contribution in [3.63, 3.8) is 0 Å². The van der Waals surface area contributed by atoms with Gasteiger partial charge in [0.15, 0.2) is 0 Å². The van der Waals surface area contributed by atoms with Crippen LogP contribution in [0.5, 0.6) is 0 Å². The highest BCUT2D eigenvalue weighted by atomic mass is 16.1. The van der Waals surface area contributed by atoms with Crippen LogP contribution in [0, 0.1) is 6.92 Å². The summed E-state index contributed by atoms with van der Waals surface area (Å²) in [6.45, 7) is 6.26. The molecular weight excluding hydrogens is 348 g/mol. The van der Waals surface area contributed by atoms with Gasteiger partial charge in [-0.2, -0.15) is 0 Å². The minimum absolute atomic E-state index is 0.0481. The van der Waals surface area contributed by atoms with Crippen LogP contribution in [0.4, 0.5) is 5.95 Å². The Morgan fingerprint density at radius 2 is 1.79 bits per heavy atom. The minimum atomic E-state index is -0.0481. The van der Waals surface area contributed by atoms with Gasteiger partial charge in [-0.25, -0.2) is 9.97 Å². The van der Waals surface area contributed by atoms with Crippen LogP contribution < -0.4 is 11.3 Å². The van der Waals surface area contributed by atoms with Crippen LogP contribution in [0.15, 0.2) is 65.7 Å². The average Bonchev–Trinajstić information content (AvgIpc) is 2.68. The van der Waals surface area contributed by atoms with Crippen molar-refractivity contribution in [3.05, 3.63) is 82.4 Å². The zero-order valence-corrected chi connectivity index (χ0v) is 16.2.